The average Bonchev–Trinajstić information content (AvgIpc) is 3.04. The number of aryl methyl sites for hydroxylation is 1. The second kappa shape index (κ2) is 10.5. The van der Waals surface area contributed by atoms with Crippen molar-refractivity contribution in [3.05, 3.63) is 70.8 Å². The Labute approximate surface area is 191 Å². The Morgan fingerprint density at radius 3 is 2.16 bits per heavy atom. The predicted molar refractivity (Wildman–Crippen MR) is 122 cm³/mol. The Morgan fingerprint density at radius 1 is 1.03 bits per heavy atom. The average molecular weight is 455 g/mol. The number of rotatable bonds is 9. The number of imide groups is 1. The van der Waals surface area contributed by atoms with Crippen molar-refractivity contribution >= 4 is 35.5 Å². The molecule has 1 N–H and O–H groups in total. The molecule has 0 saturated heterocycles. The van der Waals surface area contributed by atoms with E-state index in [0.717, 1.165) is 16.0 Å². The molecular weight excluding hydrogens is 428 g/mol. The second-order valence-corrected chi connectivity index (χ2v) is 8.56. The van der Waals surface area contributed by atoms with Gasteiger partial charge in [0.2, 0.25) is 5.91 Å². The molecule has 8 heteroatoms. The maximum atomic E-state index is 13.4. The zero-order chi connectivity index (χ0) is 23.3. The number of benzene rings is 2. The van der Waals surface area contributed by atoms with Crippen LogP contribution in [0.2, 0.25) is 0 Å². The van der Waals surface area contributed by atoms with Crippen LogP contribution < -0.4 is 5.32 Å². The van der Waals surface area contributed by atoms with Gasteiger partial charge in [-0.2, -0.15) is 11.8 Å². The normalized spacial score (nSPS) is 14.7. The van der Waals surface area contributed by atoms with Crippen LogP contribution in [0.1, 0.15) is 50.7 Å². The smallest absolute Gasteiger partial charge is 0.307 e. The first-order chi connectivity index (χ1) is 15.4. The standard InChI is InChI=1S/C24H26N2O5S/c1-15-8-10-16(11-9-15)19(14-21(27)31-2)25-22(28)20(12-13-32-3)26-23(29)17-6-4-5-7-18(17)24(26)30/h4-11,19-20H,12-14H2,1-3H3,(H,25,28)/t19-,20-/m1/s1. The minimum Gasteiger partial charge on any atom is -0.469 e. The van der Waals surface area contributed by atoms with Crippen molar-refractivity contribution in [2.24, 2.45) is 0 Å². The Balaban J connectivity index is 1.88. The number of ether oxygens (including phenoxy) is 1. The molecule has 3 amide bonds. The van der Waals surface area contributed by atoms with Gasteiger partial charge in [-0.3, -0.25) is 24.1 Å². The summed E-state index contributed by atoms with van der Waals surface area (Å²) in [5, 5.41) is 2.88. The van der Waals surface area contributed by atoms with Crippen molar-refractivity contribution in [3.63, 3.8) is 0 Å². The molecule has 2 atom stereocenters. The van der Waals surface area contributed by atoms with Crippen LogP contribution in [0, 0.1) is 6.92 Å². The van der Waals surface area contributed by atoms with Gasteiger partial charge in [-0.25, -0.2) is 0 Å². The van der Waals surface area contributed by atoms with Gasteiger partial charge in [0.1, 0.15) is 6.04 Å². The third kappa shape index (κ3) is 5.02. The lowest BCUT2D eigenvalue weighted by Gasteiger charge is -2.28. The number of hydrogen-bond donors (Lipinski definition) is 1. The molecule has 0 saturated carbocycles. The highest BCUT2D eigenvalue weighted by molar-refractivity contribution is 7.98. The van der Waals surface area contributed by atoms with Crippen LogP contribution in [0.15, 0.2) is 48.5 Å². The van der Waals surface area contributed by atoms with Gasteiger partial charge in [0.25, 0.3) is 11.8 Å². The molecule has 0 unspecified atom stereocenters. The lowest BCUT2D eigenvalue weighted by atomic mass is 10.0. The van der Waals surface area contributed by atoms with Crippen LogP contribution in [0.4, 0.5) is 0 Å². The lowest BCUT2D eigenvalue weighted by molar-refractivity contribution is -0.141. The van der Waals surface area contributed by atoms with Crippen molar-refractivity contribution in [2.75, 3.05) is 19.1 Å². The number of carbonyl (C=O) groups is 4. The molecule has 0 aromatic heterocycles. The van der Waals surface area contributed by atoms with Crippen LogP contribution in [0.3, 0.4) is 0 Å². The van der Waals surface area contributed by atoms with Gasteiger partial charge in [0.05, 0.1) is 30.7 Å². The van der Waals surface area contributed by atoms with Crippen LogP contribution >= 0.6 is 11.8 Å². The SMILES string of the molecule is COC(=O)C[C@@H](NC(=O)[C@@H](CCSC)N1C(=O)c2ccccc2C1=O)c1ccc(C)cc1. The summed E-state index contributed by atoms with van der Waals surface area (Å²) in [7, 11) is 1.29. The third-order valence-electron chi connectivity index (χ3n) is 5.43. The Morgan fingerprint density at radius 2 is 1.62 bits per heavy atom. The van der Waals surface area contributed by atoms with Gasteiger partial charge in [0, 0.05) is 0 Å². The minimum absolute atomic E-state index is 0.0668. The largest absolute Gasteiger partial charge is 0.469 e. The van der Waals surface area contributed by atoms with Crippen molar-refractivity contribution in [1.29, 1.82) is 0 Å². The quantitative estimate of drug-likeness (QED) is 0.462. The summed E-state index contributed by atoms with van der Waals surface area (Å²) >= 11 is 1.52. The van der Waals surface area contributed by atoms with Crippen LogP contribution in [-0.4, -0.2) is 53.8 Å². The second-order valence-electron chi connectivity index (χ2n) is 7.58. The van der Waals surface area contributed by atoms with Gasteiger partial charge in [-0.05, 0) is 43.0 Å². The summed E-state index contributed by atoms with van der Waals surface area (Å²) in [5.74, 6) is -1.34. The number of methoxy groups -OCH3 is 1. The van der Waals surface area contributed by atoms with Gasteiger partial charge in [-0.15, -0.1) is 0 Å². The molecular formula is C24H26N2O5S. The molecule has 0 bridgehead atoms. The van der Waals surface area contributed by atoms with Crippen molar-refractivity contribution in [3.8, 4) is 0 Å². The fourth-order valence-electron chi connectivity index (χ4n) is 3.67. The lowest BCUT2D eigenvalue weighted by Crippen LogP contribution is -2.50. The molecule has 168 valence electrons. The first kappa shape index (κ1) is 23.5. The molecule has 3 rings (SSSR count). The fourth-order valence-corrected chi connectivity index (χ4v) is 4.13. The van der Waals surface area contributed by atoms with Crippen LogP contribution in [-0.2, 0) is 14.3 Å². The number of carbonyl (C=O) groups excluding carboxylic acids is 4. The van der Waals surface area contributed by atoms with E-state index in [1.807, 2.05) is 37.4 Å². The first-order valence-corrected chi connectivity index (χ1v) is 11.7. The van der Waals surface area contributed by atoms with Crippen molar-refractivity contribution in [1.82, 2.24) is 10.2 Å². The van der Waals surface area contributed by atoms with E-state index in [4.69, 9.17) is 4.74 Å². The highest BCUT2D eigenvalue weighted by Crippen LogP contribution is 2.27. The highest BCUT2D eigenvalue weighted by atomic mass is 32.2. The zero-order valence-corrected chi connectivity index (χ0v) is 19.1. The van der Waals surface area contributed by atoms with E-state index in [1.165, 1.54) is 18.9 Å². The number of nitrogens with zero attached hydrogens (tertiary/aromatic N) is 1. The summed E-state index contributed by atoms with van der Waals surface area (Å²) in [6.07, 6.45) is 2.13. The monoisotopic (exact) mass is 454 g/mol. The summed E-state index contributed by atoms with van der Waals surface area (Å²) in [6.45, 7) is 1.94. The highest BCUT2D eigenvalue weighted by Gasteiger charge is 2.42. The van der Waals surface area contributed by atoms with E-state index in [2.05, 4.69) is 5.32 Å². The molecule has 0 aliphatic carbocycles. The number of hydrogen-bond acceptors (Lipinski definition) is 6. The van der Waals surface area contributed by atoms with E-state index < -0.39 is 35.8 Å². The molecule has 1 aliphatic heterocycles. The Bertz CT molecular complexity index is 986. The van der Waals surface area contributed by atoms with Crippen molar-refractivity contribution < 1.29 is 23.9 Å². The molecule has 2 aromatic rings. The van der Waals surface area contributed by atoms with Crippen LogP contribution in [0.5, 0.6) is 0 Å². The molecule has 32 heavy (non-hydrogen) atoms. The number of thioether (sulfide) groups is 1. The first-order valence-electron chi connectivity index (χ1n) is 10.3. The molecule has 7 nitrogen and oxygen atoms in total. The summed E-state index contributed by atoms with van der Waals surface area (Å²) in [4.78, 5) is 52.4. The van der Waals surface area contributed by atoms with E-state index >= 15 is 0 Å². The third-order valence-corrected chi connectivity index (χ3v) is 6.07. The zero-order valence-electron chi connectivity index (χ0n) is 18.3. The number of amides is 3. The fraction of sp³-hybridized carbons (Fsp3) is 0.333. The Kier molecular flexibility index (Phi) is 7.69. The minimum atomic E-state index is -0.986. The van der Waals surface area contributed by atoms with E-state index in [9.17, 15) is 19.2 Å². The predicted octanol–water partition coefficient (Wildman–Crippen LogP) is 3.13. The molecule has 0 fully saturated rings. The Hall–Kier alpha value is -3.13. The van der Waals surface area contributed by atoms with Gasteiger partial charge < -0.3 is 10.1 Å². The number of nitrogens with one attached hydrogen (secondary N) is 1. The van der Waals surface area contributed by atoms with Gasteiger partial charge in [-0.1, -0.05) is 42.0 Å². The maximum absolute atomic E-state index is 13.4. The summed E-state index contributed by atoms with van der Waals surface area (Å²) in [5.41, 5.74) is 2.37. The van der Waals surface area contributed by atoms with E-state index in [-0.39, 0.29) is 6.42 Å². The molecule has 0 spiro atoms. The van der Waals surface area contributed by atoms with E-state index in [0.29, 0.717) is 23.3 Å². The van der Waals surface area contributed by atoms with Gasteiger partial charge in [0.15, 0.2) is 0 Å². The molecule has 1 heterocycles. The van der Waals surface area contributed by atoms with Crippen LogP contribution in [0.25, 0.3) is 0 Å². The molecule has 1 aliphatic rings. The summed E-state index contributed by atoms with van der Waals surface area (Å²) < 4.78 is 4.80. The molecule has 2 aromatic carbocycles. The van der Waals surface area contributed by atoms with Gasteiger partial charge >= 0.3 is 5.97 Å². The number of esters is 1. The molecule has 0 radical (unpaired) electrons. The number of fused-ring (bicyclic) bond motifs is 1. The van der Waals surface area contributed by atoms with Crippen molar-refractivity contribution in [2.45, 2.75) is 31.8 Å². The maximum Gasteiger partial charge on any atom is 0.307 e. The van der Waals surface area contributed by atoms with E-state index in [1.54, 1.807) is 24.3 Å². The summed E-state index contributed by atoms with van der Waals surface area (Å²) in [6, 6.07) is 12.4. The topological polar surface area (TPSA) is 92.8 Å².